The van der Waals surface area contributed by atoms with Gasteiger partial charge >= 0.3 is 0 Å². The number of rotatable bonds is 1. The molecule has 0 heterocycles. The van der Waals surface area contributed by atoms with Crippen LogP contribution in [0.4, 0.5) is 0 Å². The van der Waals surface area contributed by atoms with Crippen LogP contribution < -0.4 is 11.1 Å². The van der Waals surface area contributed by atoms with Gasteiger partial charge in [0.2, 0.25) is 5.91 Å². The highest BCUT2D eigenvalue weighted by molar-refractivity contribution is 5.75. The summed E-state index contributed by atoms with van der Waals surface area (Å²) >= 11 is 0. The predicted octanol–water partition coefficient (Wildman–Crippen LogP) is 2.98. The third kappa shape index (κ3) is 2.92. The molecule has 2 atom stereocenters. The van der Waals surface area contributed by atoms with Gasteiger partial charge in [-0.3, -0.25) is 4.79 Å². The first kappa shape index (κ1) is 16.0. The van der Waals surface area contributed by atoms with Gasteiger partial charge in [0.15, 0.2) is 0 Å². The van der Waals surface area contributed by atoms with Gasteiger partial charge in [-0.2, -0.15) is 0 Å². The Morgan fingerprint density at radius 1 is 1.37 bits per heavy atom. The standard InChI is InChI=1S/C16H28N2O/c1-10-15(6,7)13(14(3,4)5)12(18-11(2)19)9-16(10,8)17/h9,13H,1,17H2,2-8H3,(H,18,19). The molecule has 19 heavy (non-hydrogen) atoms. The van der Waals surface area contributed by atoms with E-state index >= 15 is 0 Å². The summed E-state index contributed by atoms with van der Waals surface area (Å²) in [5.74, 6) is 0.118. The Morgan fingerprint density at radius 2 is 1.84 bits per heavy atom. The number of allylic oxidation sites excluding steroid dienone is 1. The second kappa shape index (κ2) is 4.48. The average Bonchev–Trinajstić information content (AvgIpc) is 2.09. The van der Waals surface area contributed by atoms with E-state index in [1.165, 1.54) is 6.92 Å². The summed E-state index contributed by atoms with van der Waals surface area (Å²) < 4.78 is 0. The molecule has 0 spiro atoms. The van der Waals surface area contributed by atoms with E-state index in [4.69, 9.17) is 5.73 Å². The van der Waals surface area contributed by atoms with E-state index in [-0.39, 0.29) is 22.7 Å². The Labute approximate surface area is 117 Å². The third-order valence-corrected chi connectivity index (χ3v) is 4.10. The summed E-state index contributed by atoms with van der Waals surface area (Å²) in [4.78, 5) is 11.5. The van der Waals surface area contributed by atoms with Crippen LogP contribution in [0, 0.1) is 16.7 Å². The highest BCUT2D eigenvalue weighted by Gasteiger charge is 2.49. The fraction of sp³-hybridized carbons (Fsp3) is 0.688. The summed E-state index contributed by atoms with van der Waals surface area (Å²) in [7, 11) is 0. The maximum absolute atomic E-state index is 11.5. The average molecular weight is 264 g/mol. The maximum Gasteiger partial charge on any atom is 0.220 e. The number of nitrogens with one attached hydrogen (secondary N) is 1. The molecule has 1 amide bonds. The molecule has 0 aromatic heterocycles. The summed E-state index contributed by atoms with van der Waals surface area (Å²) in [5.41, 5.74) is 7.51. The summed E-state index contributed by atoms with van der Waals surface area (Å²) in [5, 5.41) is 2.97. The van der Waals surface area contributed by atoms with Gasteiger partial charge in [0, 0.05) is 18.5 Å². The molecule has 0 aromatic carbocycles. The first-order valence-corrected chi connectivity index (χ1v) is 6.79. The first-order chi connectivity index (χ1) is 8.30. The highest BCUT2D eigenvalue weighted by atomic mass is 16.1. The van der Waals surface area contributed by atoms with Crippen molar-refractivity contribution in [1.29, 1.82) is 0 Å². The molecule has 0 saturated heterocycles. The lowest BCUT2D eigenvalue weighted by Gasteiger charge is -2.52. The van der Waals surface area contributed by atoms with Gasteiger partial charge in [-0.25, -0.2) is 0 Å². The molecule has 3 heteroatoms. The minimum Gasteiger partial charge on any atom is -0.330 e. The van der Waals surface area contributed by atoms with Gasteiger partial charge in [0.05, 0.1) is 5.54 Å². The lowest BCUT2D eigenvalue weighted by Crippen LogP contribution is -2.53. The van der Waals surface area contributed by atoms with Crippen molar-refractivity contribution in [2.24, 2.45) is 22.5 Å². The van der Waals surface area contributed by atoms with Gasteiger partial charge in [-0.1, -0.05) is 41.2 Å². The van der Waals surface area contributed by atoms with Crippen LogP contribution in [0.15, 0.2) is 23.9 Å². The number of amides is 1. The maximum atomic E-state index is 11.5. The smallest absolute Gasteiger partial charge is 0.220 e. The van der Waals surface area contributed by atoms with Gasteiger partial charge in [0.1, 0.15) is 0 Å². The van der Waals surface area contributed by atoms with Crippen molar-refractivity contribution in [1.82, 2.24) is 5.32 Å². The van der Waals surface area contributed by atoms with Crippen LogP contribution in [-0.2, 0) is 4.79 Å². The zero-order chi connectivity index (χ0) is 15.2. The van der Waals surface area contributed by atoms with Crippen molar-refractivity contribution in [2.75, 3.05) is 0 Å². The number of carbonyl (C=O) groups excluding carboxylic acids is 1. The molecule has 0 radical (unpaired) electrons. The monoisotopic (exact) mass is 264 g/mol. The Morgan fingerprint density at radius 3 is 2.21 bits per heavy atom. The largest absolute Gasteiger partial charge is 0.330 e. The molecule has 0 aliphatic heterocycles. The zero-order valence-electron chi connectivity index (χ0n) is 13.3. The Bertz CT molecular complexity index is 436. The fourth-order valence-electron chi connectivity index (χ4n) is 3.61. The summed E-state index contributed by atoms with van der Waals surface area (Å²) in [6, 6.07) is 0. The quantitative estimate of drug-likeness (QED) is 0.715. The Kier molecular flexibility index (Phi) is 3.76. The fourth-order valence-corrected chi connectivity index (χ4v) is 3.61. The number of hydrogen-bond donors (Lipinski definition) is 2. The van der Waals surface area contributed by atoms with E-state index in [2.05, 4.69) is 46.5 Å². The van der Waals surface area contributed by atoms with Crippen LogP contribution in [0.25, 0.3) is 0 Å². The van der Waals surface area contributed by atoms with Gasteiger partial charge < -0.3 is 11.1 Å². The topological polar surface area (TPSA) is 55.1 Å². The molecule has 3 nitrogen and oxygen atoms in total. The lowest BCUT2D eigenvalue weighted by atomic mass is 9.55. The van der Waals surface area contributed by atoms with Crippen LogP contribution in [0.3, 0.4) is 0 Å². The van der Waals surface area contributed by atoms with Crippen molar-refractivity contribution in [2.45, 2.75) is 54.0 Å². The second-order valence-corrected chi connectivity index (χ2v) is 7.56. The summed E-state index contributed by atoms with van der Waals surface area (Å²) in [6.07, 6.45) is 1.96. The summed E-state index contributed by atoms with van der Waals surface area (Å²) in [6.45, 7) is 18.6. The highest BCUT2D eigenvalue weighted by Crippen LogP contribution is 2.53. The van der Waals surface area contributed by atoms with Crippen LogP contribution in [0.2, 0.25) is 0 Å². The van der Waals surface area contributed by atoms with Crippen LogP contribution in [0.1, 0.15) is 48.5 Å². The normalized spacial score (nSPS) is 30.8. The molecule has 1 rings (SSSR count). The van der Waals surface area contributed by atoms with E-state index < -0.39 is 5.54 Å². The SMILES string of the molecule is C=C1C(C)(N)C=C(NC(C)=O)C(C(C)(C)C)C1(C)C. The van der Waals surface area contributed by atoms with Crippen molar-refractivity contribution in [3.8, 4) is 0 Å². The van der Waals surface area contributed by atoms with Crippen molar-refractivity contribution in [3.05, 3.63) is 23.9 Å². The molecule has 108 valence electrons. The third-order valence-electron chi connectivity index (χ3n) is 4.10. The van der Waals surface area contributed by atoms with E-state index in [0.29, 0.717) is 0 Å². The minimum absolute atomic E-state index is 0.0111. The predicted molar refractivity (Wildman–Crippen MR) is 80.4 cm³/mol. The van der Waals surface area contributed by atoms with Gasteiger partial charge in [-0.05, 0) is 29.4 Å². The molecular formula is C16H28N2O. The number of nitrogens with two attached hydrogens (primary N) is 1. The van der Waals surface area contributed by atoms with E-state index in [9.17, 15) is 4.79 Å². The van der Waals surface area contributed by atoms with Gasteiger partial charge in [-0.15, -0.1) is 0 Å². The molecule has 0 fully saturated rings. The number of hydrogen-bond acceptors (Lipinski definition) is 2. The Hall–Kier alpha value is -1.09. The molecular weight excluding hydrogens is 236 g/mol. The zero-order valence-corrected chi connectivity index (χ0v) is 13.3. The molecule has 0 saturated carbocycles. The lowest BCUT2D eigenvalue weighted by molar-refractivity contribution is -0.118. The van der Waals surface area contributed by atoms with Gasteiger partial charge in [0.25, 0.3) is 0 Å². The van der Waals surface area contributed by atoms with Crippen LogP contribution in [0.5, 0.6) is 0 Å². The second-order valence-electron chi connectivity index (χ2n) is 7.56. The molecule has 2 unspecified atom stereocenters. The molecule has 1 aliphatic rings. The van der Waals surface area contributed by atoms with Crippen molar-refractivity contribution < 1.29 is 4.79 Å². The van der Waals surface area contributed by atoms with Crippen molar-refractivity contribution in [3.63, 3.8) is 0 Å². The first-order valence-electron chi connectivity index (χ1n) is 6.79. The van der Waals surface area contributed by atoms with E-state index in [1.54, 1.807) is 0 Å². The van der Waals surface area contributed by atoms with E-state index in [1.807, 2.05) is 13.0 Å². The van der Waals surface area contributed by atoms with Crippen LogP contribution in [-0.4, -0.2) is 11.4 Å². The Balaban J connectivity index is 3.45. The van der Waals surface area contributed by atoms with Crippen LogP contribution >= 0.6 is 0 Å². The minimum atomic E-state index is -0.594. The molecule has 0 aromatic rings. The molecule has 3 N–H and O–H groups in total. The van der Waals surface area contributed by atoms with Crippen molar-refractivity contribution >= 4 is 5.91 Å². The van der Waals surface area contributed by atoms with E-state index in [0.717, 1.165) is 11.3 Å². The number of carbonyl (C=O) groups is 1. The molecule has 0 bridgehead atoms. The molecule has 1 aliphatic carbocycles.